The van der Waals surface area contributed by atoms with E-state index < -0.39 is 11.9 Å². The van der Waals surface area contributed by atoms with E-state index in [0.717, 1.165) is 30.5 Å². The van der Waals surface area contributed by atoms with Crippen LogP contribution < -0.4 is 10.7 Å². The van der Waals surface area contributed by atoms with E-state index in [9.17, 15) is 14.3 Å². The van der Waals surface area contributed by atoms with Crippen molar-refractivity contribution in [1.29, 1.82) is 0 Å². The van der Waals surface area contributed by atoms with E-state index >= 15 is 0 Å². The predicted molar refractivity (Wildman–Crippen MR) is 135 cm³/mol. The van der Waals surface area contributed by atoms with Gasteiger partial charge in [-0.1, -0.05) is 6.07 Å². The predicted octanol–water partition coefficient (Wildman–Crippen LogP) is 2.57. The van der Waals surface area contributed by atoms with Crippen molar-refractivity contribution in [3.05, 3.63) is 52.2 Å². The van der Waals surface area contributed by atoms with Gasteiger partial charge in [0.15, 0.2) is 11.2 Å². The number of anilines is 1. The summed E-state index contributed by atoms with van der Waals surface area (Å²) < 4.78 is 27.8. The number of hydrogen-bond acceptors (Lipinski definition) is 8. The smallest absolute Gasteiger partial charge is 0.223 e. The van der Waals surface area contributed by atoms with Crippen LogP contribution in [0.15, 0.2) is 35.3 Å². The Kier molecular flexibility index (Phi) is 7.29. The zero-order valence-electron chi connectivity index (χ0n) is 20.6. The fourth-order valence-electron chi connectivity index (χ4n) is 4.96. The molecule has 2 saturated heterocycles. The number of benzene rings is 1. The molecule has 3 aromatic rings. The molecular weight excluding hydrogens is 465 g/mol. The normalized spacial score (nSPS) is 21.2. The topological polar surface area (TPSA) is 102 Å². The first-order chi connectivity index (χ1) is 17.4. The Balaban J connectivity index is 1.54. The number of halogens is 1. The van der Waals surface area contributed by atoms with Crippen molar-refractivity contribution in [1.82, 2.24) is 19.4 Å². The number of aliphatic hydroxyl groups is 1. The average molecular weight is 498 g/mol. The van der Waals surface area contributed by atoms with Gasteiger partial charge >= 0.3 is 0 Å². The van der Waals surface area contributed by atoms with Crippen LogP contribution in [0.3, 0.4) is 0 Å². The van der Waals surface area contributed by atoms with Gasteiger partial charge in [0, 0.05) is 55.0 Å². The highest BCUT2D eigenvalue weighted by molar-refractivity contribution is 5.84. The Bertz CT molecular complexity index is 1290. The molecule has 1 aromatic carbocycles. The summed E-state index contributed by atoms with van der Waals surface area (Å²) in [5, 5.41) is 13.9. The summed E-state index contributed by atoms with van der Waals surface area (Å²) in [4.78, 5) is 23.8. The van der Waals surface area contributed by atoms with Gasteiger partial charge in [-0.2, -0.15) is 0 Å². The molecule has 0 amide bonds. The number of fused-ring (bicyclic) bond motifs is 1. The molecule has 5 rings (SSSR count). The first-order valence-electron chi connectivity index (χ1n) is 12.4. The number of morpholine rings is 1. The molecule has 0 saturated carbocycles. The lowest BCUT2D eigenvalue weighted by Gasteiger charge is -2.29. The Morgan fingerprint density at radius 1 is 1.19 bits per heavy atom. The third-order valence-electron chi connectivity index (χ3n) is 6.79. The molecule has 0 aliphatic carbocycles. The molecule has 0 spiro atoms. The molecule has 10 heteroatoms. The van der Waals surface area contributed by atoms with Crippen molar-refractivity contribution in [2.24, 2.45) is 0 Å². The number of hydrogen-bond donors (Lipinski definition) is 2. The summed E-state index contributed by atoms with van der Waals surface area (Å²) in [5.41, 5.74) is 2.29. The highest BCUT2D eigenvalue weighted by Gasteiger charge is 2.25. The molecule has 2 N–H and O–H groups in total. The molecule has 0 bridgehead atoms. The molecule has 2 aliphatic heterocycles. The van der Waals surface area contributed by atoms with Crippen molar-refractivity contribution in [2.45, 2.75) is 45.0 Å². The van der Waals surface area contributed by atoms with E-state index in [1.54, 1.807) is 18.2 Å². The van der Waals surface area contributed by atoms with Gasteiger partial charge in [-0.3, -0.25) is 9.69 Å². The first-order valence-corrected chi connectivity index (χ1v) is 12.4. The minimum Gasteiger partial charge on any atom is -0.389 e. The van der Waals surface area contributed by atoms with Crippen LogP contribution in [0.25, 0.3) is 22.2 Å². The number of nitrogens with zero attached hydrogens (tertiary/aromatic N) is 4. The zero-order valence-corrected chi connectivity index (χ0v) is 20.6. The lowest BCUT2D eigenvalue weighted by molar-refractivity contribution is -0.0136. The van der Waals surface area contributed by atoms with Crippen LogP contribution in [0.5, 0.6) is 0 Å². The van der Waals surface area contributed by atoms with Gasteiger partial charge in [-0.05, 0) is 32.4 Å². The second-order valence-electron chi connectivity index (χ2n) is 9.66. The molecule has 2 aliphatic rings. The van der Waals surface area contributed by atoms with Crippen LogP contribution in [0.2, 0.25) is 0 Å². The van der Waals surface area contributed by atoms with E-state index in [-0.39, 0.29) is 35.8 Å². The fraction of sp³-hybridized carbons (Fsp3) is 0.500. The van der Waals surface area contributed by atoms with Crippen LogP contribution in [0.1, 0.15) is 32.0 Å². The van der Waals surface area contributed by atoms with Gasteiger partial charge in [-0.25, -0.2) is 14.4 Å². The maximum absolute atomic E-state index is 14.9. The Morgan fingerprint density at radius 2 is 2.00 bits per heavy atom. The molecule has 2 atom stereocenters. The number of ether oxygens (including phenoxy) is 2. The fourth-order valence-corrected chi connectivity index (χ4v) is 4.96. The molecule has 0 radical (unpaired) electrons. The third-order valence-corrected chi connectivity index (χ3v) is 6.79. The highest BCUT2D eigenvalue weighted by Crippen LogP contribution is 2.28. The van der Waals surface area contributed by atoms with E-state index in [0.29, 0.717) is 43.7 Å². The Labute approximate surface area is 208 Å². The minimum atomic E-state index is -0.693. The summed E-state index contributed by atoms with van der Waals surface area (Å²) in [6.45, 7) is 8.53. The maximum atomic E-state index is 14.9. The largest absolute Gasteiger partial charge is 0.389 e. The van der Waals surface area contributed by atoms with Crippen LogP contribution in [0, 0.1) is 5.82 Å². The van der Waals surface area contributed by atoms with Crippen LogP contribution in [-0.4, -0.2) is 76.2 Å². The number of rotatable bonds is 6. The number of pyridine rings is 1. The lowest BCUT2D eigenvalue weighted by atomic mass is 10.1. The number of aromatic nitrogens is 3. The van der Waals surface area contributed by atoms with Crippen LogP contribution in [-0.2, 0) is 16.0 Å². The molecule has 36 heavy (non-hydrogen) atoms. The number of nitrogens with one attached hydrogen (secondary N) is 1. The standard InChI is InChI=1S/C26H32FN5O4/c1-16(2)32-18(14-31-6-9-35-10-7-31)12-23(33)19-4-3-17(11-22(19)32)25-20(27)13-28-26(30-25)29-21-5-8-36-15-24(21)34/h3-4,11-13,16,21,24,34H,5-10,14-15H2,1-2H3,(H,28,29,30)/t21-,24-/m1/s1. The van der Waals surface area contributed by atoms with Crippen molar-refractivity contribution in [2.75, 3.05) is 44.8 Å². The molecule has 2 fully saturated rings. The Morgan fingerprint density at radius 3 is 2.75 bits per heavy atom. The lowest BCUT2D eigenvalue weighted by Crippen LogP contribution is -2.42. The third kappa shape index (κ3) is 5.12. The Hall–Kier alpha value is -2.92. The van der Waals surface area contributed by atoms with Crippen LogP contribution >= 0.6 is 0 Å². The van der Waals surface area contributed by atoms with Gasteiger partial charge in [0.2, 0.25) is 5.95 Å². The van der Waals surface area contributed by atoms with Gasteiger partial charge in [0.05, 0.1) is 43.7 Å². The summed E-state index contributed by atoms with van der Waals surface area (Å²) in [7, 11) is 0. The highest BCUT2D eigenvalue weighted by atomic mass is 19.1. The molecule has 192 valence electrons. The maximum Gasteiger partial charge on any atom is 0.223 e. The average Bonchev–Trinajstić information content (AvgIpc) is 2.87. The van der Waals surface area contributed by atoms with E-state index in [1.165, 1.54) is 0 Å². The van der Waals surface area contributed by atoms with E-state index in [2.05, 4.69) is 38.6 Å². The summed E-state index contributed by atoms with van der Waals surface area (Å²) in [5.74, 6) is -0.324. The number of aliphatic hydroxyl groups excluding tert-OH is 1. The van der Waals surface area contributed by atoms with E-state index in [4.69, 9.17) is 9.47 Å². The molecule has 0 unspecified atom stereocenters. The summed E-state index contributed by atoms with van der Waals surface area (Å²) in [6.07, 6.45) is 1.03. The quantitative estimate of drug-likeness (QED) is 0.536. The van der Waals surface area contributed by atoms with Gasteiger partial charge in [0.25, 0.3) is 0 Å². The SMILES string of the molecule is CC(C)n1c(CN2CCOCC2)cc(=O)c2ccc(-c3nc(N[C@@H]4CCOC[C@H]4O)ncc3F)cc21. The van der Waals surface area contributed by atoms with Crippen molar-refractivity contribution >= 4 is 16.9 Å². The second-order valence-corrected chi connectivity index (χ2v) is 9.66. The molecular formula is C26H32FN5O4. The van der Waals surface area contributed by atoms with Gasteiger partial charge < -0.3 is 24.5 Å². The van der Waals surface area contributed by atoms with Crippen LogP contribution in [0.4, 0.5) is 10.3 Å². The molecule has 9 nitrogen and oxygen atoms in total. The van der Waals surface area contributed by atoms with Gasteiger partial charge in [-0.15, -0.1) is 0 Å². The van der Waals surface area contributed by atoms with E-state index in [1.807, 2.05) is 6.07 Å². The summed E-state index contributed by atoms with van der Waals surface area (Å²) >= 11 is 0. The van der Waals surface area contributed by atoms with Crippen molar-refractivity contribution in [3.8, 4) is 11.3 Å². The molecule has 4 heterocycles. The first kappa shape index (κ1) is 24.8. The molecule has 2 aromatic heterocycles. The van der Waals surface area contributed by atoms with Crippen molar-refractivity contribution in [3.63, 3.8) is 0 Å². The zero-order chi connectivity index (χ0) is 25.2. The monoisotopic (exact) mass is 497 g/mol. The minimum absolute atomic E-state index is 0.0595. The summed E-state index contributed by atoms with van der Waals surface area (Å²) in [6, 6.07) is 6.81. The van der Waals surface area contributed by atoms with Gasteiger partial charge in [0.1, 0.15) is 5.69 Å². The van der Waals surface area contributed by atoms with Crippen molar-refractivity contribution < 1.29 is 19.0 Å². The second kappa shape index (κ2) is 10.6.